The van der Waals surface area contributed by atoms with Crippen LogP contribution in [-0.4, -0.2) is 43.6 Å². The van der Waals surface area contributed by atoms with E-state index in [0.717, 1.165) is 26.3 Å². The number of hydrogen-bond donors (Lipinski definition) is 0. The number of rotatable bonds is 3. The predicted molar refractivity (Wildman–Crippen MR) is 128 cm³/mol. The molecular weight excluding hydrogens is 436 g/mol. The van der Waals surface area contributed by atoms with Crippen LogP contribution in [0.4, 0.5) is 11.4 Å². The van der Waals surface area contributed by atoms with E-state index in [1.54, 1.807) is 0 Å². The maximum Gasteiger partial charge on any atom is 0.209 e. The normalized spacial score (nSPS) is 20.9. The molecule has 3 aliphatic rings. The van der Waals surface area contributed by atoms with Crippen LogP contribution in [-0.2, 0) is 10.2 Å². The zero-order valence-electron chi connectivity index (χ0n) is 17.7. The third-order valence-electron chi connectivity index (χ3n) is 7.10. The molecule has 1 saturated carbocycles. The van der Waals surface area contributed by atoms with Gasteiger partial charge in [-0.3, -0.25) is 0 Å². The molecule has 2 fully saturated rings. The molecule has 3 nitrogen and oxygen atoms in total. The van der Waals surface area contributed by atoms with Crippen LogP contribution in [0.5, 0.6) is 0 Å². The Balaban J connectivity index is 1.44. The lowest BCUT2D eigenvalue weighted by Gasteiger charge is -2.31. The Labute approximate surface area is 188 Å². The van der Waals surface area contributed by atoms with E-state index in [4.69, 9.17) is 4.74 Å². The molecule has 0 unspecified atom stereocenters. The van der Waals surface area contributed by atoms with E-state index in [2.05, 4.69) is 87.1 Å². The average molecular weight is 466 g/mol. The van der Waals surface area contributed by atoms with Gasteiger partial charge in [0.2, 0.25) is 5.69 Å². The number of halogens is 1. The highest BCUT2D eigenvalue weighted by Crippen LogP contribution is 2.49. The Morgan fingerprint density at radius 1 is 0.967 bits per heavy atom. The Kier molecular flexibility index (Phi) is 5.55. The van der Waals surface area contributed by atoms with Crippen LogP contribution in [0, 0.1) is 0 Å². The monoisotopic (exact) mass is 465 g/mol. The molecule has 0 aromatic heterocycles. The van der Waals surface area contributed by atoms with Crippen molar-refractivity contribution in [3.05, 3.63) is 64.1 Å². The molecule has 0 radical (unpaired) electrons. The number of anilines is 1. The first kappa shape index (κ1) is 20.0. The molecule has 0 atom stereocenters. The number of ether oxygens (including phenoxy) is 1. The van der Waals surface area contributed by atoms with E-state index < -0.39 is 0 Å². The summed E-state index contributed by atoms with van der Waals surface area (Å²) in [4.78, 5) is 2.40. The van der Waals surface area contributed by atoms with E-state index in [1.807, 2.05) is 0 Å². The number of morpholine rings is 1. The van der Waals surface area contributed by atoms with E-state index in [-0.39, 0.29) is 5.41 Å². The zero-order valence-corrected chi connectivity index (χ0v) is 19.3. The second-order valence-corrected chi connectivity index (χ2v) is 9.69. The molecule has 4 heteroatoms. The van der Waals surface area contributed by atoms with Gasteiger partial charge in [-0.2, -0.15) is 4.58 Å². The van der Waals surface area contributed by atoms with Crippen molar-refractivity contribution in [2.24, 2.45) is 0 Å². The SMILES string of the molecule is C[N+]1=C(/C=C/c2ccc(N3CCOCC3)cc2)C2(CCCCC2)c2cc(Br)ccc21. The topological polar surface area (TPSA) is 15.5 Å². The minimum atomic E-state index is 0.163. The summed E-state index contributed by atoms with van der Waals surface area (Å²) >= 11 is 3.71. The van der Waals surface area contributed by atoms with Crippen LogP contribution < -0.4 is 4.90 Å². The maximum absolute atomic E-state index is 5.48. The highest BCUT2D eigenvalue weighted by molar-refractivity contribution is 9.10. The number of fused-ring (bicyclic) bond motifs is 2. The lowest BCUT2D eigenvalue weighted by Crippen LogP contribution is -2.36. The van der Waals surface area contributed by atoms with Crippen LogP contribution in [0.1, 0.15) is 43.2 Å². The molecule has 0 N–H and O–H groups in total. The van der Waals surface area contributed by atoms with Gasteiger partial charge in [-0.25, -0.2) is 0 Å². The summed E-state index contributed by atoms with van der Waals surface area (Å²) in [6.07, 6.45) is 11.1. The first-order valence-corrected chi connectivity index (χ1v) is 12.0. The van der Waals surface area contributed by atoms with Gasteiger partial charge in [-0.15, -0.1) is 0 Å². The highest BCUT2D eigenvalue weighted by atomic mass is 79.9. The van der Waals surface area contributed by atoms with Crippen LogP contribution in [0.3, 0.4) is 0 Å². The second-order valence-electron chi connectivity index (χ2n) is 8.77. The number of hydrogen-bond acceptors (Lipinski definition) is 2. The third-order valence-corrected chi connectivity index (χ3v) is 7.59. The number of benzene rings is 2. The summed E-state index contributed by atoms with van der Waals surface area (Å²) in [5.41, 5.74) is 7.03. The predicted octanol–water partition coefficient (Wildman–Crippen LogP) is 5.93. The Morgan fingerprint density at radius 2 is 1.70 bits per heavy atom. The molecule has 1 aliphatic carbocycles. The van der Waals surface area contributed by atoms with E-state index in [1.165, 1.54) is 64.8 Å². The largest absolute Gasteiger partial charge is 0.378 e. The van der Waals surface area contributed by atoms with Crippen LogP contribution in [0.2, 0.25) is 0 Å². The lowest BCUT2D eigenvalue weighted by atomic mass is 9.67. The van der Waals surface area contributed by atoms with E-state index in [0.29, 0.717) is 0 Å². The smallest absolute Gasteiger partial charge is 0.209 e. The van der Waals surface area contributed by atoms with Crippen LogP contribution >= 0.6 is 15.9 Å². The minimum absolute atomic E-state index is 0.163. The number of allylic oxidation sites excluding steroid dienone is 1. The van der Waals surface area contributed by atoms with Crippen molar-refractivity contribution in [2.75, 3.05) is 38.3 Å². The molecular formula is C26H30BrN2O+. The van der Waals surface area contributed by atoms with Gasteiger partial charge in [0, 0.05) is 41.0 Å². The summed E-state index contributed by atoms with van der Waals surface area (Å²) in [5, 5.41) is 0. The van der Waals surface area contributed by atoms with Crippen molar-refractivity contribution in [3.8, 4) is 0 Å². The van der Waals surface area contributed by atoms with Crippen molar-refractivity contribution in [1.29, 1.82) is 0 Å². The molecule has 0 bridgehead atoms. The molecule has 2 aromatic rings. The van der Waals surface area contributed by atoms with Crippen molar-refractivity contribution < 1.29 is 9.31 Å². The van der Waals surface area contributed by atoms with Crippen LogP contribution in [0.25, 0.3) is 6.08 Å². The fourth-order valence-corrected chi connectivity index (χ4v) is 5.88. The first-order valence-electron chi connectivity index (χ1n) is 11.2. The summed E-state index contributed by atoms with van der Waals surface area (Å²) in [6.45, 7) is 3.61. The molecule has 1 spiro atoms. The highest BCUT2D eigenvalue weighted by Gasteiger charge is 2.50. The molecule has 30 heavy (non-hydrogen) atoms. The van der Waals surface area contributed by atoms with Crippen molar-refractivity contribution >= 4 is 39.1 Å². The summed E-state index contributed by atoms with van der Waals surface area (Å²) < 4.78 is 9.08. The fourth-order valence-electron chi connectivity index (χ4n) is 5.52. The van der Waals surface area contributed by atoms with E-state index in [9.17, 15) is 0 Å². The summed E-state index contributed by atoms with van der Waals surface area (Å²) in [7, 11) is 2.23. The van der Waals surface area contributed by atoms with E-state index >= 15 is 0 Å². The fraction of sp³-hybridized carbons (Fsp3) is 0.423. The quantitative estimate of drug-likeness (QED) is 0.521. The van der Waals surface area contributed by atoms with Gasteiger partial charge in [0.05, 0.1) is 18.6 Å². The molecule has 2 aliphatic heterocycles. The first-order chi connectivity index (χ1) is 14.7. The van der Waals surface area contributed by atoms with Crippen molar-refractivity contribution in [2.45, 2.75) is 37.5 Å². The molecule has 1 saturated heterocycles. The van der Waals surface area contributed by atoms with Gasteiger partial charge >= 0.3 is 0 Å². The van der Waals surface area contributed by atoms with Gasteiger partial charge < -0.3 is 9.64 Å². The average Bonchev–Trinajstić information content (AvgIpc) is 3.00. The van der Waals surface area contributed by atoms with Gasteiger partial charge in [0.25, 0.3) is 0 Å². The Hall–Kier alpha value is -1.91. The third kappa shape index (κ3) is 3.54. The molecule has 5 rings (SSSR count). The molecule has 2 aromatic carbocycles. The van der Waals surface area contributed by atoms with Crippen molar-refractivity contribution in [3.63, 3.8) is 0 Å². The minimum Gasteiger partial charge on any atom is -0.378 e. The van der Waals surface area contributed by atoms with Crippen LogP contribution in [0.15, 0.2) is 53.0 Å². The molecule has 156 valence electrons. The zero-order chi connectivity index (χ0) is 20.6. The molecule has 2 heterocycles. The second kappa shape index (κ2) is 8.32. The molecule has 0 amide bonds. The summed E-state index contributed by atoms with van der Waals surface area (Å²) in [5.74, 6) is 0. The Morgan fingerprint density at radius 3 is 2.43 bits per heavy atom. The standard InChI is InChI=1S/C26H30BrN2O/c1-28-24-11-8-21(27)19-23(24)26(13-3-2-4-14-26)25(28)12-7-20-5-9-22(10-6-20)29-15-17-30-18-16-29/h5-12,19H,2-4,13-18H2,1H3/q+1. The van der Waals surface area contributed by atoms with Gasteiger partial charge in [0.1, 0.15) is 7.05 Å². The lowest BCUT2D eigenvalue weighted by molar-refractivity contribution is -0.401. The van der Waals surface area contributed by atoms with Gasteiger partial charge in [-0.05, 0) is 48.7 Å². The Bertz CT molecular complexity index is 981. The maximum atomic E-state index is 5.48. The van der Waals surface area contributed by atoms with Crippen molar-refractivity contribution in [1.82, 2.24) is 0 Å². The van der Waals surface area contributed by atoms with Gasteiger partial charge in [0.15, 0.2) is 5.71 Å². The number of nitrogens with zero attached hydrogens (tertiary/aromatic N) is 2. The van der Waals surface area contributed by atoms with Gasteiger partial charge in [-0.1, -0.05) is 47.3 Å². The summed E-state index contributed by atoms with van der Waals surface area (Å²) in [6, 6.07) is 15.8.